The average Bonchev–Trinajstić information content (AvgIpc) is 2.76. The number of hydrazine groups is 1. The third kappa shape index (κ3) is 3.30. The molecular weight excluding hydrogens is 267 g/mol. The number of piperidine rings is 1. The van der Waals surface area contributed by atoms with E-state index in [1.165, 1.54) is 11.3 Å². The minimum Gasteiger partial charge on any atom is -0.298 e. The van der Waals surface area contributed by atoms with E-state index in [9.17, 15) is 13.2 Å². The first kappa shape index (κ1) is 13.5. The average molecular weight is 281 g/mol. The van der Waals surface area contributed by atoms with E-state index in [0.717, 1.165) is 0 Å². The molecule has 0 aromatic carbocycles. The highest BCUT2D eigenvalue weighted by Crippen LogP contribution is 2.33. The number of aromatic nitrogens is 2. The quantitative estimate of drug-likeness (QED) is 0.650. The molecule has 0 amide bonds. The lowest BCUT2D eigenvalue weighted by Crippen LogP contribution is -2.41. The number of halogens is 3. The minimum atomic E-state index is -4.11. The largest absolute Gasteiger partial charge is 0.393 e. The van der Waals surface area contributed by atoms with Crippen molar-refractivity contribution in [2.75, 3.05) is 18.5 Å². The summed E-state index contributed by atoms with van der Waals surface area (Å²) >= 11 is 1.25. The summed E-state index contributed by atoms with van der Waals surface area (Å²) in [4.78, 5) is 1.77. The highest BCUT2D eigenvalue weighted by Gasteiger charge is 2.41. The van der Waals surface area contributed by atoms with Gasteiger partial charge in [0.2, 0.25) is 5.13 Å². The predicted molar refractivity (Wildman–Crippen MR) is 61.8 cm³/mol. The van der Waals surface area contributed by atoms with Gasteiger partial charge in [0.15, 0.2) is 0 Å². The molecule has 18 heavy (non-hydrogen) atoms. The molecule has 0 radical (unpaired) electrons. The van der Waals surface area contributed by atoms with Gasteiger partial charge in [0, 0.05) is 6.54 Å². The zero-order valence-electron chi connectivity index (χ0n) is 9.57. The van der Waals surface area contributed by atoms with Gasteiger partial charge in [-0.1, -0.05) is 11.3 Å². The second-order valence-corrected chi connectivity index (χ2v) is 5.32. The molecule has 1 aliphatic rings. The van der Waals surface area contributed by atoms with Crippen molar-refractivity contribution in [1.29, 1.82) is 0 Å². The summed E-state index contributed by atoms with van der Waals surface area (Å²) < 4.78 is 37.9. The Balaban J connectivity index is 1.93. The van der Waals surface area contributed by atoms with Crippen molar-refractivity contribution in [3.05, 3.63) is 5.01 Å². The zero-order chi connectivity index (χ0) is 13.2. The van der Waals surface area contributed by atoms with Crippen molar-refractivity contribution in [2.45, 2.75) is 25.6 Å². The lowest BCUT2D eigenvalue weighted by Gasteiger charge is -2.32. The van der Waals surface area contributed by atoms with Crippen molar-refractivity contribution >= 4 is 16.5 Å². The number of alkyl halides is 3. The van der Waals surface area contributed by atoms with Crippen LogP contribution >= 0.6 is 11.3 Å². The molecule has 1 saturated heterocycles. The summed E-state index contributed by atoms with van der Waals surface area (Å²) in [5.41, 5.74) is 2.36. The van der Waals surface area contributed by atoms with Crippen LogP contribution in [0.3, 0.4) is 0 Å². The van der Waals surface area contributed by atoms with Gasteiger partial charge >= 0.3 is 6.18 Å². The Morgan fingerprint density at radius 3 is 2.83 bits per heavy atom. The number of likely N-dealkylation sites (tertiary alicyclic amines) is 1. The van der Waals surface area contributed by atoms with Gasteiger partial charge in [-0.05, 0) is 19.4 Å². The van der Waals surface area contributed by atoms with Crippen LogP contribution in [0, 0.1) is 5.92 Å². The number of hydrogen-bond donors (Lipinski definition) is 2. The molecule has 0 aliphatic carbocycles. The van der Waals surface area contributed by atoms with Crippen molar-refractivity contribution < 1.29 is 13.2 Å². The van der Waals surface area contributed by atoms with Crippen LogP contribution in [-0.2, 0) is 6.54 Å². The Hall–Kier alpha value is -0.930. The van der Waals surface area contributed by atoms with E-state index in [4.69, 9.17) is 5.84 Å². The second-order valence-electron chi connectivity index (χ2n) is 4.26. The van der Waals surface area contributed by atoms with Crippen molar-refractivity contribution in [2.24, 2.45) is 11.8 Å². The third-order valence-corrected chi connectivity index (χ3v) is 3.76. The molecule has 2 rings (SSSR count). The van der Waals surface area contributed by atoms with E-state index in [1.807, 2.05) is 0 Å². The number of nitrogens with two attached hydrogens (primary N) is 1. The summed E-state index contributed by atoms with van der Waals surface area (Å²) in [6.45, 7) is 1.10. The van der Waals surface area contributed by atoms with Crippen LogP contribution in [0.2, 0.25) is 0 Å². The highest BCUT2D eigenvalue weighted by molar-refractivity contribution is 7.15. The number of rotatable bonds is 3. The minimum absolute atomic E-state index is 0.0362. The van der Waals surface area contributed by atoms with Gasteiger partial charge in [-0.3, -0.25) is 10.3 Å². The normalized spacial score (nSPS) is 22.1. The molecule has 3 N–H and O–H groups in total. The number of nitrogens with zero attached hydrogens (tertiary/aromatic N) is 3. The lowest BCUT2D eigenvalue weighted by molar-refractivity contribution is -0.187. The zero-order valence-corrected chi connectivity index (χ0v) is 10.4. The second kappa shape index (κ2) is 5.37. The Labute approximate surface area is 106 Å². The van der Waals surface area contributed by atoms with Gasteiger partial charge in [0.05, 0.1) is 12.5 Å². The molecular formula is C9H14F3N5S. The fourth-order valence-corrected chi connectivity index (χ4v) is 2.73. The molecule has 0 saturated carbocycles. The monoisotopic (exact) mass is 281 g/mol. The van der Waals surface area contributed by atoms with E-state index in [0.29, 0.717) is 29.6 Å². The molecule has 0 spiro atoms. The maximum Gasteiger partial charge on any atom is 0.393 e. The molecule has 5 nitrogen and oxygen atoms in total. The molecule has 1 unspecified atom stereocenters. The Morgan fingerprint density at radius 1 is 1.44 bits per heavy atom. The lowest BCUT2D eigenvalue weighted by atomic mass is 9.98. The summed E-state index contributed by atoms with van der Waals surface area (Å²) in [6.07, 6.45) is -3.33. The topological polar surface area (TPSA) is 67.1 Å². The number of anilines is 1. The highest BCUT2D eigenvalue weighted by atomic mass is 32.1. The molecule has 102 valence electrons. The third-order valence-electron chi connectivity index (χ3n) is 2.92. The van der Waals surface area contributed by atoms with Gasteiger partial charge in [0.25, 0.3) is 0 Å². The van der Waals surface area contributed by atoms with Gasteiger partial charge < -0.3 is 0 Å². The predicted octanol–water partition coefficient (Wildman–Crippen LogP) is 1.60. The Bertz CT molecular complexity index is 394. The number of hydrogen-bond acceptors (Lipinski definition) is 6. The van der Waals surface area contributed by atoms with Crippen LogP contribution in [0.5, 0.6) is 0 Å². The number of nitrogen functional groups attached to an aromatic ring is 1. The van der Waals surface area contributed by atoms with E-state index in [-0.39, 0.29) is 13.0 Å². The van der Waals surface area contributed by atoms with E-state index in [1.54, 1.807) is 4.90 Å². The first-order chi connectivity index (χ1) is 8.49. The summed E-state index contributed by atoms with van der Waals surface area (Å²) in [6, 6.07) is 0. The fraction of sp³-hybridized carbons (Fsp3) is 0.778. The Kier molecular flexibility index (Phi) is 4.03. The maximum atomic E-state index is 12.6. The van der Waals surface area contributed by atoms with Gasteiger partial charge in [-0.2, -0.15) is 13.2 Å². The molecule has 1 atom stereocenters. The van der Waals surface area contributed by atoms with Gasteiger partial charge in [-0.25, -0.2) is 5.84 Å². The van der Waals surface area contributed by atoms with E-state index in [2.05, 4.69) is 15.6 Å². The molecule has 1 fully saturated rings. The Morgan fingerprint density at radius 2 is 2.22 bits per heavy atom. The number of nitrogens with one attached hydrogen (secondary N) is 1. The van der Waals surface area contributed by atoms with Crippen LogP contribution in [0.15, 0.2) is 0 Å². The molecule has 9 heteroatoms. The summed E-state index contributed by atoms with van der Waals surface area (Å²) in [5, 5.41) is 8.76. The van der Waals surface area contributed by atoms with Crippen molar-refractivity contribution in [3.8, 4) is 0 Å². The van der Waals surface area contributed by atoms with Crippen LogP contribution in [0.1, 0.15) is 17.8 Å². The molecule has 2 heterocycles. The first-order valence-electron chi connectivity index (χ1n) is 5.57. The first-order valence-corrected chi connectivity index (χ1v) is 6.38. The van der Waals surface area contributed by atoms with Crippen LogP contribution in [0.25, 0.3) is 0 Å². The fourth-order valence-electron chi connectivity index (χ4n) is 2.03. The molecule has 1 aliphatic heterocycles. The van der Waals surface area contributed by atoms with Crippen molar-refractivity contribution in [1.82, 2.24) is 15.1 Å². The van der Waals surface area contributed by atoms with Gasteiger partial charge in [0.1, 0.15) is 5.01 Å². The van der Waals surface area contributed by atoms with Crippen molar-refractivity contribution in [3.63, 3.8) is 0 Å². The molecule has 1 aromatic heterocycles. The van der Waals surface area contributed by atoms with E-state index >= 15 is 0 Å². The molecule has 0 bridgehead atoms. The van der Waals surface area contributed by atoms with E-state index < -0.39 is 12.1 Å². The smallest absolute Gasteiger partial charge is 0.298 e. The van der Waals surface area contributed by atoms with Gasteiger partial charge in [-0.15, -0.1) is 10.2 Å². The summed E-state index contributed by atoms with van der Waals surface area (Å²) in [5.74, 6) is 3.94. The van der Waals surface area contributed by atoms with Crippen LogP contribution in [-0.4, -0.2) is 34.4 Å². The maximum absolute atomic E-state index is 12.6. The summed E-state index contributed by atoms with van der Waals surface area (Å²) in [7, 11) is 0. The van der Waals surface area contributed by atoms with Crippen LogP contribution < -0.4 is 11.3 Å². The molecule has 1 aromatic rings. The van der Waals surface area contributed by atoms with Crippen LogP contribution in [0.4, 0.5) is 18.3 Å². The standard InChI is InChI=1S/C9H14F3N5S/c10-9(11,12)6-2-1-3-17(4-6)5-7-15-16-8(14-13)18-7/h6H,1-5,13H2,(H,14,16). The SMILES string of the molecule is NNc1nnc(CN2CCCC(C(F)(F)F)C2)s1.